The third-order valence-electron chi connectivity index (χ3n) is 3.90. The van der Waals surface area contributed by atoms with Crippen molar-refractivity contribution in [2.24, 2.45) is 0 Å². The topological polar surface area (TPSA) is 61.8 Å². The van der Waals surface area contributed by atoms with Gasteiger partial charge in [0, 0.05) is 19.7 Å². The molecule has 1 unspecified atom stereocenters. The quantitative estimate of drug-likeness (QED) is 0.794. The molecule has 0 aromatic heterocycles. The van der Waals surface area contributed by atoms with Crippen molar-refractivity contribution in [3.63, 3.8) is 0 Å². The Labute approximate surface area is 125 Å². The molecule has 1 aromatic rings. The van der Waals surface area contributed by atoms with Gasteiger partial charge in [-0.1, -0.05) is 30.3 Å². The number of carboxylic acid groups (broad SMARTS) is 1. The van der Waals surface area contributed by atoms with E-state index in [0.29, 0.717) is 0 Å². The van der Waals surface area contributed by atoms with Crippen LogP contribution in [0.2, 0.25) is 0 Å². The molecule has 1 aliphatic rings. The van der Waals surface area contributed by atoms with Gasteiger partial charge in [0.25, 0.3) is 0 Å². The smallest absolute Gasteiger partial charge is 0.323 e. The van der Waals surface area contributed by atoms with Crippen LogP contribution in [0.4, 0.5) is 0 Å². The molecule has 0 amide bonds. The normalized spacial score (nSPS) is 18.5. The van der Waals surface area contributed by atoms with Gasteiger partial charge in [-0.2, -0.15) is 0 Å². The van der Waals surface area contributed by atoms with Crippen LogP contribution in [0.15, 0.2) is 30.3 Å². The van der Waals surface area contributed by atoms with Gasteiger partial charge in [0.15, 0.2) is 0 Å². The number of rotatable bonds is 7. The molecule has 1 heterocycles. The zero-order valence-corrected chi connectivity index (χ0v) is 12.5. The first kappa shape index (κ1) is 15.9. The SMILES string of the molecule is COCC(NC1CCN(Cc2ccccc2)CC1)C(=O)O. The largest absolute Gasteiger partial charge is 0.480 e. The highest BCUT2D eigenvalue weighted by atomic mass is 16.5. The number of hydrogen-bond acceptors (Lipinski definition) is 4. The molecule has 116 valence electrons. The number of likely N-dealkylation sites (tertiary alicyclic amines) is 1. The number of nitrogens with one attached hydrogen (secondary N) is 1. The van der Waals surface area contributed by atoms with Crippen molar-refractivity contribution < 1.29 is 14.6 Å². The predicted molar refractivity (Wildman–Crippen MR) is 81.2 cm³/mol. The average Bonchev–Trinajstić information content (AvgIpc) is 2.49. The maximum absolute atomic E-state index is 11.1. The van der Waals surface area contributed by atoms with Crippen LogP contribution in [0.25, 0.3) is 0 Å². The molecule has 1 aliphatic heterocycles. The fraction of sp³-hybridized carbons (Fsp3) is 0.562. The maximum atomic E-state index is 11.1. The molecule has 21 heavy (non-hydrogen) atoms. The monoisotopic (exact) mass is 292 g/mol. The molecule has 1 saturated heterocycles. The van der Waals surface area contributed by atoms with E-state index in [9.17, 15) is 4.79 Å². The number of ether oxygens (including phenoxy) is 1. The van der Waals surface area contributed by atoms with E-state index in [1.807, 2.05) is 6.07 Å². The molecule has 5 heteroatoms. The lowest BCUT2D eigenvalue weighted by atomic mass is 10.0. The molecule has 0 radical (unpaired) electrons. The van der Waals surface area contributed by atoms with Gasteiger partial charge in [-0.15, -0.1) is 0 Å². The van der Waals surface area contributed by atoms with Crippen molar-refractivity contribution in [3.05, 3.63) is 35.9 Å². The third-order valence-corrected chi connectivity index (χ3v) is 3.90. The average molecular weight is 292 g/mol. The number of piperidine rings is 1. The van der Waals surface area contributed by atoms with Crippen LogP contribution in [-0.4, -0.2) is 54.9 Å². The van der Waals surface area contributed by atoms with E-state index in [0.717, 1.165) is 32.5 Å². The molecule has 1 aromatic carbocycles. The summed E-state index contributed by atoms with van der Waals surface area (Å²) in [6.45, 7) is 3.16. The molecular weight excluding hydrogens is 268 g/mol. The van der Waals surface area contributed by atoms with Crippen LogP contribution in [0, 0.1) is 0 Å². The van der Waals surface area contributed by atoms with E-state index < -0.39 is 12.0 Å². The van der Waals surface area contributed by atoms with Crippen LogP contribution in [-0.2, 0) is 16.1 Å². The lowest BCUT2D eigenvalue weighted by Gasteiger charge is -2.33. The van der Waals surface area contributed by atoms with E-state index in [1.165, 1.54) is 12.7 Å². The summed E-state index contributed by atoms with van der Waals surface area (Å²) in [5, 5.41) is 12.3. The Hall–Kier alpha value is -1.43. The molecule has 2 rings (SSSR count). The summed E-state index contributed by atoms with van der Waals surface area (Å²) >= 11 is 0. The van der Waals surface area contributed by atoms with Crippen molar-refractivity contribution in [1.29, 1.82) is 0 Å². The highest BCUT2D eigenvalue weighted by molar-refractivity contribution is 5.73. The first-order valence-corrected chi connectivity index (χ1v) is 7.43. The minimum Gasteiger partial charge on any atom is -0.480 e. The lowest BCUT2D eigenvalue weighted by Crippen LogP contribution is -2.50. The van der Waals surface area contributed by atoms with E-state index in [1.54, 1.807) is 0 Å². The highest BCUT2D eigenvalue weighted by Gasteiger charge is 2.25. The summed E-state index contributed by atoms with van der Waals surface area (Å²) < 4.78 is 4.95. The van der Waals surface area contributed by atoms with Crippen LogP contribution >= 0.6 is 0 Å². The summed E-state index contributed by atoms with van der Waals surface area (Å²) in [6, 6.07) is 10.1. The summed E-state index contributed by atoms with van der Waals surface area (Å²) in [5.41, 5.74) is 1.33. The second kappa shape index (κ2) is 8.12. The molecule has 2 N–H and O–H groups in total. The molecule has 0 aliphatic carbocycles. The minimum absolute atomic E-state index is 0.208. The lowest BCUT2D eigenvalue weighted by molar-refractivity contribution is -0.141. The Bertz CT molecular complexity index is 430. The van der Waals surface area contributed by atoms with Crippen molar-refractivity contribution in [3.8, 4) is 0 Å². The Morgan fingerprint density at radius 2 is 2.05 bits per heavy atom. The van der Waals surface area contributed by atoms with Gasteiger partial charge in [-0.25, -0.2) is 0 Å². The molecule has 1 fully saturated rings. The zero-order chi connectivity index (χ0) is 15.1. The number of hydrogen-bond donors (Lipinski definition) is 2. The number of methoxy groups -OCH3 is 1. The minimum atomic E-state index is -0.844. The first-order valence-electron chi connectivity index (χ1n) is 7.43. The van der Waals surface area contributed by atoms with Gasteiger partial charge in [0.05, 0.1) is 6.61 Å². The maximum Gasteiger partial charge on any atom is 0.323 e. The number of carboxylic acids is 1. The van der Waals surface area contributed by atoms with Crippen LogP contribution in [0.1, 0.15) is 18.4 Å². The van der Waals surface area contributed by atoms with Crippen LogP contribution < -0.4 is 5.32 Å². The standard InChI is InChI=1S/C16H24N2O3/c1-21-12-15(16(19)20)17-14-7-9-18(10-8-14)11-13-5-3-2-4-6-13/h2-6,14-15,17H,7-12H2,1H3,(H,19,20). The van der Waals surface area contributed by atoms with Gasteiger partial charge in [-0.3, -0.25) is 15.0 Å². The first-order chi connectivity index (χ1) is 10.2. The number of benzene rings is 1. The van der Waals surface area contributed by atoms with Crippen LogP contribution in [0.5, 0.6) is 0 Å². The predicted octanol–water partition coefficient (Wildman–Crippen LogP) is 1.34. The van der Waals surface area contributed by atoms with E-state index in [2.05, 4.69) is 34.5 Å². The Balaban J connectivity index is 1.76. The second-order valence-electron chi connectivity index (χ2n) is 5.55. The summed E-state index contributed by atoms with van der Waals surface area (Å²) in [4.78, 5) is 13.5. The number of aliphatic carboxylic acids is 1. The van der Waals surface area contributed by atoms with Crippen molar-refractivity contribution in [2.75, 3.05) is 26.8 Å². The van der Waals surface area contributed by atoms with Crippen molar-refractivity contribution >= 4 is 5.97 Å². The number of carbonyl (C=O) groups is 1. The van der Waals surface area contributed by atoms with Crippen molar-refractivity contribution in [1.82, 2.24) is 10.2 Å². The molecule has 0 spiro atoms. The zero-order valence-electron chi connectivity index (χ0n) is 12.5. The summed E-state index contributed by atoms with van der Waals surface area (Å²) in [5.74, 6) is -0.844. The Morgan fingerprint density at radius 1 is 1.38 bits per heavy atom. The van der Waals surface area contributed by atoms with Crippen LogP contribution in [0.3, 0.4) is 0 Å². The molecule has 0 bridgehead atoms. The highest BCUT2D eigenvalue weighted by Crippen LogP contribution is 2.14. The Kier molecular flexibility index (Phi) is 6.17. The Morgan fingerprint density at radius 3 is 2.62 bits per heavy atom. The van der Waals surface area contributed by atoms with Crippen molar-refractivity contribution in [2.45, 2.75) is 31.5 Å². The summed E-state index contributed by atoms with van der Waals surface area (Å²) in [7, 11) is 1.53. The molecule has 1 atom stereocenters. The third kappa shape index (κ3) is 5.12. The van der Waals surface area contributed by atoms with Gasteiger partial charge in [0.2, 0.25) is 0 Å². The van der Waals surface area contributed by atoms with Gasteiger partial charge in [-0.05, 0) is 31.5 Å². The second-order valence-corrected chi connectivity index (χ2v) is 5.55. The van der Waals surface area contributed by atoms with Gasteiger partial charge < -0.3 is 9.84 Å². The van der Waals surface area contributed by atoms with E-state index in [4.69, 9.17) is 9.84 Å². The fourth-order valence-corrected chi connectivity index (χ4v) is 2.74. The van der Waals surface area contributed by atoms with E-state index >= 15 is 0 Å². The fourth-order valence-electron chi connectivity index (χ4n) is 2.74. The molecular formula is C16H24N2O3. The van der Waals surface area contributed by atoms with Gasteiger partial charge in [0.1, 0.15) is 6.04 Å². The molecule has 0 saturated carbocycles. The summed E-state index contributed by atoms with van der Waals surface area (Å²) in [6.07, 6.45) is 1.95. The van der Waals surface area contributed by atoms with E-state index in [-0.39, 0.29) is 12.6 Å². The van der Waals surface area contributed by atoms with Gasteiger partial charge >= 0.3 is 5.97 Å². The number of nitrogens with zero attached hydrogens (tertiary/aromatic N) is 1. The molecule has 5 nitrogen and oxygen atoms in total.